The summed E-state index contributed by atoms with van der Waals surface area (Å²) in [7, 11) is 0. The zero-order chi connectivity index (χ0) is 5.11. The molecule has 0 saturated heterocycles. The quantitative estimate of drug-likeness (QED) is 0.439. The molecule has 1 aromatic rings. The summed E-state index contributed by atoms with van der Waals surface area (Å²) < 4.78 is 0. The van der Waals surface area contributed by atoms with Crippen molar-refractivity contribution in [3.63, 3.8) is 0 Å². The van der Waals surface area contributed by atoms with Crippen LogP contribution in [0.5, 0.6) is 0 Å². The number of hydrogen-bond acceptors (Lipinski definition) is 0. The van der Waals surface area contributed by atoms with E-state index in [-0.39, 0.29) is 38.0 Å². The third-order valence-electron chi connectivity index (χ3n) is 0.940. The molecule has 0 aromatic heterocycles. The van der Waals surface area contributed by atoms with E-state index in [2.05, 4.69) is 19.1 Å². The minimum absolute atomic E-state index is 0. The van der Waals surface area contributed by atoms with Crippen LogP contribution in [-0.4, -0.2) is 38.0 Å². The van der Waals surface area contributed by atoms with Gasteiger partial charge in [0.25, 0.3) is 0 Å². The van der Waals surface area contributed by atoms with Gasteiger partial charge in [-0.25, -0.2) is 0 Å². The van der Waals surface area contributed by atoms with Gasteiger partial charge in [-0.1, -0.05) is 35.9 Å². The second kappa shape index (κ2) is 6.41. The summed E-state index contributed by atoms with van der Waals surface area (Å²) in [5.41, 5.74) is 1.32. The Kier molecular flexibility index (Phi) is 8.55. The van der Waals surface area contributed by atoms with E-state index in [0.29, 0.717) is 0 Å². The third kappa shape index (κ3) is 4.77. The fourth-order valence-electron chi connectivity index (χ4n) is 0.534. The van der Waals surface area contributed by atoms with Gasteiger partial charge in [0.05, 0.1) is 8.41 Å². The van der Waals surface area contributed by atoms with Crippen molar-refractivity contribution in [2.45, 2.75) is 6.92 Å². The van der Waals surface area contributed by atoms with E-state index < -0.39 is 0 Å². The summed E-state index contributed by atoms with van der Waals surface area (Å²) in [6, 6.07) is 10.3. The summed E-state index contributed by atoms with van der Waals surface area (Å²) in [5.74, 6) is 0. The predicted octanol–water partition coefficient (Wildman–Crippen LogP) is 0.163. The normalized spacial score (nSPS) is 6.78. The molecule has 9 heavy (non-hydrogen) atoms. The topological polar surface area (TPSA) is 0 Å². The monoisotopic (exact) mass is 130 g/mol. The fourth-order valence-corrected chi connectivity index (χ4v) is 0.534. The van der Waals surface area contributed by atoms with Gasteiger partial charge in [-0.05, 0) is 6.92 Å². The minimum atomic E-state index is 0. The molecule has 0 aliphatic rings. The Morgan fingerprint density at radius 1 is 1.00 bits per heavy atom. The molecule has 0 spiro atoms. The fraction of sp³-hybridized carbons (Fsp3) is 0.143. The van der Waals surface area contributed by atoms with Crippen molar-refractivity contribution >= 4 is 38.0 Å². The Labute approximate surface area is 80.5 Å². The SMILES string of the molecule is B.Cc1ccccc1.[NaH]. The van der Waals surface area contributed by atoms with Crippen molar-refractivity contribution in [3.05, 3.63) is 35.9 Å². The second-order valence-electron chi connectivity index (χ2n) is 1.65. The van der Waals surface area contributed by atoms with E-state index in [9.17, 15) is 0 Å². The molecular weight excluding hydrogens is 118 g/mol. The van der Waals surface area contributed by atoms with E-state index in [1.165, 1.54) is 5.56 Å². The van der Waals surface area contributed by atoms with Gasteiger partial charge in [0.2, 0.25) is 0 Å². The van der Waals surface area contributed by atoms with Gasteiger partial charge in [-0.3, -0.25) is 0 Å². The average molecular weight is 130 g/mol. The van der Waals surface area contributed by atoms with E-state index in [1.54, 1.807) is 0 Å². The van der Waals surface area contributed by atoms with Crippen LogP contribution in [0.15, 0.2) is 30.3 Å². The van der Waals surface area contributed by atoms with Crippen molar-refractivity contribution in [1.29, 1.82) is 0 Å². The average Bonchev–Trinajstić information content (AvgIpc) is 1.69. The molecule has 0 radical (unpaired) electrons. The molecule has 0 saturated carbocycles. The Morgan fingerprint density at radius 2 is 1.44 bits per heavy atom. The maximum absolute atomic E-state index is 2.08. The standard InChI is InChI=1S/C7H8.BH3.Na.H/c1-7-5-3-2-4-6-7;;;/h2-6H,1H3;1H3;;. The molecule has 0 unspecified atom stereocenters. The number of rotatable bonds is 0. The van der Waals surface area contributed by atoms with Crippen LogP contribution in [0.4, 0.5) is 0 Å². The van der Waals surface area contributed by atoms with Crippen molar-refractivity contribution in [2.24, 2.45) is 0 Å². The summed E-state index contributed by atoms with van der Waals surface area (Å²) in [4.78, 5) is 0. The number of aryl methyl sites for hydroxylation is 1. The van der Waals surface area contributed by atoms with Gasteiger partial charge in [-0.2, -0.15) is 0 Å². The second-order valence-corrected chi connectivity index (χ2v) is 1.65. The van der Waals surface area contributed by atoms with Crippen LogP contribution in [0, 0.1) is 6.92 Å². The molecule has 0 nitrogen and oxygen atoms in total. The Hall–Kier alpha value is 0.285. The molecular formula is C7H12BNa. The van der Waals surface area contributed by atoms with Gasteiger partial charge in [0.15, 0.2) is 0 Å². The van der Waals surface area contributed by atoms with E-state index >= 15 is 0 Å². The van der Waals surface area contributed by atoms with Crippen LogP contribution in [0.2, 0.25) is 0 Å². The zero-order valence-corrected chi connectivity index (χ0v) is 4.39. The van der Waals surface area contributed by atoms with Crippen molar-refractivity contribution in [3.8, 4) is 0 Å². The first kappa shape index (κ1) is 12.0. The van der Waals surface area contributed by atoms with Gasteiger partial charge < -0.3 is 0 Å². The number of benzene rings is 1. The molecule has 0 amide bonds. The molecule has 0 atom stereocenters. The molecule has 0 aliphatic heterocycles. The summed E-state index contributed by atoms with van der Waals surface area (Å²) >= 11 is 0. The van der Waals surface area contributed by atoms with E-state index in [1.807, 2.05) is 18.2 Å². The van der Waals surface area contributed by atoms with Crippen LogP contribution in [0.3, 0.4) is 0 Å². The van der Waals surface area contributed by atoms with E-state index in [0.717, 1.165) is 0 Å². The summed E-state index contributed by atoms with van der Waals surface area (Å²) in [6.45, 7) is 2.08. The molecule has 0 aliphatic carbocycles. The van der Waals surface area contributed by atoms with Crippen molar-refractivity contribution < 1.29 is 0 Å². The van der Waals surface area contributed by atoms with Gasteiger partial charge in [-0.15, -0.1) is 0 Å². The van der Waals surface area contributed by atoms with Crippen LogP contribution in [0.1, 0.15) is 5.56 Å². The molecule has 0 bridgehead atoms. The summed E-state index contributed by atoms with van der Waals surface area (Å²) in [6.07, 6.45) is 0. The molecule has 2 heteroatoms. The first-order valence-corrected chi connectivity index (χ1v) is 2.41. The van der Waals surface area contributed by atoms with Crippen LogP contribution < -0.4 is 0 Å². The Morgan fingerprint density at radius 3 is 1.67 bits per heavy atom. The van der Waals surface area contributed by atoms with Gasteiger partial charge >= 0.3 is 29.6 Å². The van der Waals surface area contributed by atoms with Crippen LogP contribution in [0.25, 0.3) is 0 Å². The summed E-state index contributed by atoms with van der Waals surface area (Å²) in [5, 5.41) is 0. The van der Waals surface area contributed by atoms with E-state index in [4.69, 9.17) is 0 Å². The van der Waals surface area contributed by atoms with Crippen LogP contribution in [-0.2, 0) is 0 Å². The van der Waals surface area contributed by atoms with Gasteiger partial charge in [0.1, 0.15) is 0 Å². The molecule has 1 rings (SSSR count). The van der Waals surface area contributed by atoms with Crippen molar-refractivity contribution in [2.75, 3.05) is 0 Å². The predicted molar refractivity (Wildman–Crippen MR) is 48.3 cm³/mol. The molecule has 1 aromatic carbocycles. The molecule has 0 fully saturated rings. The Bertz CT molecular complexity index is 139. The van der Waals surface area contributed by atoms with Gasteiger partial charge in [0, 0.05) is 0 Å². The van der Waals surface area contributed by atoms with Crippen molar-refractivity contribution in [1.82, 2.24) is 0 Å². The zero-order valence-electron chi connectivity index (χ0n) is 4.39. The Balaban J connectivity index is 0. The number of hydrogen-bond donors (Lipinski definition) is 0. The molecule has 0 heterocycles. The first-order valence-electron chi connectivity index (χ1n) is 2.41. The maximum atomic E-state index is 2.08. The third-order valence-corrected chi connectivity index (χ3v) is 0.940. The molecule has 0 N–H and O–H groups in total. The van der Waals surface area contributed by atoms with Crippen LogP contribution >= 0.6 is 0 Å². The first-order chi connectivity index (χ1) is 3.39. The molecule has 44 valence electrons.